The Hall–Kier alpha value is -2.46. The summed E-state index contributed by atoms with van der Waals surface area (Å²) in [5, 5.41) is 33.0. The normalized spacial score (nSPS) is 28.3. The standard InChI is InChI=1S/C18H23N5O4/c1-9-5-11(22(3)4)10-6-23(16-13(10)15(21-9)19-8-20-16)17-18(2,26)14(25)12(7-24)27-17/h5-6,8,12,14,17,24-26H,1,7H2,2-4H3,(H,19,20,21)/t12-,14-,17-,18+/m1/s1. The van der Waals surface area contributed by atoms with Crippen LogP contribution in [0.3, 0.4) is 0 Å². The third-order valence-corrected chi connectivity index (χ3v) is 5.14. The van der Waals surface area contributed by atoms with Gasteiger partial charge >= 0.3 is 0 Å². The zero-order valence-electron chi connectivity index (χ0n) is 15.4. The van der Waals surface area contributed by atoms with Gasteiger partial charge in [0.2, 0.25) is 0 Å². The highest BCUT2D eigenvalue weighted by Crippen LogP contribution is 2.41. The van der Waals surface area contributed by atoms with Gasteiger partial charge in [0.05, 0.1) is 12.0 Å². The van der Waals surface area contributed by atoms with Crippen LogP contribution in [0.5, 0.6) is 0 Å². The van der Waals surface area contributed by atoms with Crippen LogP contribution in [0.15, 0.2) is 18.6 Å². The molecule has 4 N–H and O–H groups in total. The number of anilines is 1. The predicted molar refractivity (Wildman–Crippen MR) is 101 cm³/mol. The molecule has 4 heterocycles. The molecule has 3 aromatic heterocycles. The predicted octanol–water partition coefficient (Wildman–Crippen LogP) is -0.328. The lowest BCUT2D eigenvalue weighted by molar-refractivity contribution is -0.0947. The van der Waals surface area contributed by atoms with Crippen molar-refractivity contribution in [2.24, 2.45) is 0 Å². The lowest BCUT2D eigenvalue weighted by atomic mass is 9.96. The first-order valence-corrected chi connectivity index (χ1v) is 8.63. The van der Waals surface area contributed by atoms with Crippen molar-refractivity contribution in [1.82, 2.24) is 19.5 Å². The highest BCUT2D eigenvalue weighted by Gasteiger charge is 2.53. The van der Waals surface area contributed by atoms with Gasteiger partial charge in [0.15, 0.2) is 6.23 Å². The Bertz CT molecular complexity index is 1070. The summed E-state index contributed by atoms with van der Waals surface area (Å²) < 4.78 is 7.46. The van der Waals surface area contributed by atoms with Gasteiger partial charge in [-0.05, 0) is 13.0 Å². The molecule has 1 aliphatic heterocycles. The summed E-state index contributed by atoms with van der Waals surface area (Å²) in [4.78, 5) is 13.8. The van der Waals surface area contributed by atoms with Gasteiger partial charge in [0, 0.05) is 36.7 Å². The maximum atomic E-state index is 10.9. The average Bonchev–Trinajstić information content (AvgIpc) is 3.03. The third-order valence-electron chi connectivity index (χ3n) is 5.14. The molecule has 0 saturated carbocycles. The van der Waals surface area contributed by atoms with Crippen LogP contribution >= 0.6 is 0 Å². The number of aliphatic hydroxyl groups excluding tert-OH is 2. The third kappa shape index (κ3) is 2.54. The Labute approximate surface area is 155 Å². The minimum absolute atomic E-state index is 0.398. The molecule has 0 aliphatic carbocycles. The fourth-order valence-corrected chi connectivity index (χ4v) is 3.74. The fourth-order valence-electron chi connectivity index (χ4n) is 3.74. The van der Waals surface area contributed by atoms with Crippen molar-refractivity contribution >= 4 is 34.3 Å². The number of nitrogens with one attached hydrogen (secondary N) is 1. The quantitative estimate of drug-likeness (QED) is 0.496. The van der Waals surface area contributed by atoms with Crippen molar-refractivity contribution in [3.63, 3.8) is 0 Å². The molecule has 0 unspecified atom stereocenters. The van der Waals surface area contributed by atoms with Crippen molar-refractivity contribution in [2.45, 2.75) is 31.0 Å². The Morgan fingerprint density at radius 1 is 1.41 bits per heavy atom. The zero-order chi connectivity index (χ0) is 19.5. The summed E-state index contributed by atoms with van der Waals surface area (Å²) in [5.74, 6) is 0. The summed E-state index contributed by atoms with van der Waals surface area (Å²) in [6, 6.07) is 1.90. The van der Waals surface area contributed by atoms with Crippen LogP contribution in [0.1, 0.15) is 13.2 Å². The summed E-state index contributed by atoms with van der Waals surface area (Å²) in [5.41, 5.74) is 0.427. The van der Waals surface area contributed by atoms with Crippen LogP contribution in [0, 0.1) is 0 Å². The van der Waals surface area contributed by atoms with Gasteiger partial charge in [0.25, 0.3) is 0 Å². The maximum absolute atomic E-state index is 10.9. The van der Waals surface area contributed by atoms with E-state index in [1.165, 1.54) is 13.3 Å². The fraction of sp³-hybridized carbons (Fsp3) is 0.444. The zero-order valence-corrected chi connectivity index (χ0v) is 15.4. The Kier molecular flexibility index (Phi) is 4.00. The van der Waals surface area contributed by atoms with E-state index >= 15 is 0 Å². The van der Waals surface area contributed by atoms with Gasteiger partial charge in [-0.15, -0.1) is 0 Å². The van der Waals surface area contributed by atoms with Crippen LogP contribution in [-0.2, 0) is 4.74 Å². The van der Waals surface area contributed by atoms with Crippen LogP contribution in [-0.4, -0.2) is 73.3 Å². The van der Waals surface area contributed by atoms with Crippen molar-refractivity contribution in [3.8, 4) is 0 Å². The van der Waals surface area contributed by atoms with Gasteiger partial charge in [-0.1, -0.05) is 6.58 Å². The Morgan fingerprint density at radius 2 is 2.15 bits per heavy atom. The summed E-state index contributed by atoms with van der Waals surface area (Å²) in [6.07, 6.45) is 0.198. The van der Waals surface area contributed by atoms with E-state index in [0.717, 1.165) is 16.5 Å². The summed E-state index contributed by atoms with van der Waals surface area (Å²) in [7, 11) is 3.84. The SMILES string of the molecule is C=c1cc(N(C)C)c2cn([C@@H]3O[C@H](CO)[C@@H](O)[C@]3(C)O)c3ncnc([nH]1)c23. The smallest absolute Gasteiger partial charge is 0.167 e. The number of ether oxygens (including phenoxy) is 1. The topological polar surface area (TPSA) is 120 Å². The van der Waals surface area contributed by atoms with Crippen molar-refractivity contribution in [3.05, 3.63) is 23.9 Å². The number of hydrogen-bond donors (Lipinski definition) is 4. The molecule has 0 amide bonds. The van der Waals surface area contributed by atoms with Crippen molar-refractivity contribution < 1.29 is 20.1 Å². The van der Waals surface area contributed by atoms with E-state index < -0.39 is 30.6 Å². The number of H-pyrrole nitrogens is 1. The average molecular weight is 373 g/mol. The molecule has 9 heteroatoms. The highest BCUT2D eigenvalue weighted by molar-refractivity contribution is 6.09. The molecule has 9 nitrogen and oxygen atoms in total. The van der Waals surface area contributed by atoms with Gasteiger partial charge in [-0.3, -0.25) is 0 Å². The second-order valence-corrected chi connectivity index (χ2v) is 7.33. The van der Waals surface area contributed by atoms with E-state index in [2.05, 4.69) is 21.5 Å². The molecule has 1 fully saturated rings. The molecule has 0 aromatic carbocycles. The van der Waals surface area contributed by atoms with E-state index in [9.17, 15) is 15.3 Å². The van der Waals surface area contributed by atoms with Crippen molar-refractivity contribution in [1.29, 1.82) is 0 Å². The van der Waals surface area contributed by atoms with Gasteiger partial charge in [-0.2, -0.15) is 0 Å². The minimum Gasteiger partial charge on any atom is -0.394 e. The molecule has 4 rings (SSSR count). The molecule has 144 valence electrons. The van der Waals surface area contributed by atoms with Gasteiger partial charge in [0.1, 0.15) is 35.4 Å². The monoisotopic (exact) mass is 373 g/mol. The molecule has 27 heavy (non-hydrogen) atoms. The second-order valence-electron chi connectivity index (χ2n) is 7.33. The molecule has 4 atom stereocenters. The lowest BCUT2D eigenvalue weighted by Crippen LogP contribution is -2.44. The van der Waals surface area contributed by atoms with E-state index in [0.29, 0.717) is 16.6 Å². The van der Waals surface area contributed by atoms with Gasteiger partial charge < -0.3 is 34.5 Å². The number of aliphatic hydroxyl groups is 3. The molecule has 0 spiro atoms. The summed E-state index contributed by atoms with van der Waals surface area (Å²) >= 11 is 0. The number of hydrogen-bond acceptors (Lipinski definition) is 7. The number of aromatic amines is 1. The van der Waals surface area contributed by atoms with E-state index in [-0.39, 0.29) is 0 Å². The van der Waals surface area contributed by atoms with Crippen molar-refractivity contribution in [2.75, 3.05) is 25.6 Å². The first-order chi connectivity index (χ1) is 12.8. The molecular formula is C18H23N5O4. The van der Waals surface area contributed by atoms with Gasteiger partial charge in [-0.25, -0.2) is 9.97 Å². The minimum atomic E-state index is -1.61. The van der Waals surface area contributed by atoms with Crippen LogP contribution in [0.2, 0.25) is 0 Å². The number of rotatable bonds is 3. The van der Waals surface area contributed by atoms with E-state index in [4.69, 9.17) is 4.74 Å². The first-order valence-electron chi connectivity index (χ1n) is 8.63. The molecule has 0 bridgehead atoms. The van der Waals surface area contributed by atoms with Crippen LogP contribution < -0.4 is 10.2 Å². The largest absolute Gasteiger partial charge is 0.394 e. The van der Waals surface area contributed by atoms with Crippen LogP contribution in [0.4, 0.5) is 5.69 Å². The molecule has 1 aliphatic rings. The Morgan fingerprint density at radius 3 is 2.78 bits per heavy atom. The first kappa shape index (κ1) is 17.9. The number of aromatic nitrogens is 4. The molecular weight excluding hydrogens is 350 g/mol. The maximum Gasteiger partial charge on any atom is 0.167 e. The second kappa shape index (κ2) is 6.03. The summed E-state index contributed by atoms with van der Waals surface area (Å²) in [6.45, 7) is 5.09. The van der Waals surface area contributed by atoms with Crippen LogP contribution in [0.25, 0.3) is 28.6 Å². The molecule has 0 radical (unpaired) electrons. The molecule has 3 aromatic rings. The van der Waals surface area contributed by atoms with E-state index in [1.807, 2.05) is 31.3 Å². The lowest BCUT2D eigenvalue weighted by Gasteiger charge is -2.27. The van der Waals surface area contributed by atoms with E-state index in [1.54, 1.807) is 4.57 Å². The highest BCUT2D eigenvalue weighted by atomic mass is 16.6. The Balaban J connectivity index is 2.05. The number of nitrogens with zero attached hydrogens (tertiary/aromatic N) is 4. The molecule has 1 saturated heterocycles.